The lowest BCUT2D eigenvalue weighted by Crippen LogP contribution is -2.33. The van der Waals surface area contributed by atoms with Crippen LogP contribution in [0.2, 0.25) is 0 Å². The van der Waals surface area contributed by atoms with E-state index < -0.39 is 0 Å². The lowest BCUT2D eigenvalue weighted by atomic mass is 10.1. The van der Waals surface area contributed by atoms with Crippen LogP contribution < -0.4 is 0 Å². The minimum Gasteiger partial charge on any atom is -0.364 e. The molecule has 11 heavy (non-hydrogen) atoms. The fourth-order valence-corrected chi connectivity index (χ4v) is 2.52. The van der Waals surface area contributed by atoms with Gasteiger partial charge in [-0.1, -0.05) is 20.8 Å². The van der Waals surface area contributed by atoms with Gasteiger partial charge in [0.2, 0.25) is 0 Å². The molecule has 0 amide bonds. The van der Waals surface area contributed by atoms with Crippen LogP contribution in [0.5, 0.6) is 0 Å². The van der Waals surface area contributed by atoms with Gasteiger partial charge in [0.15, 0.2) is 0 Å². The Morgan fingerprint density at radius 1 is 1.36 bits per heavy atom. The minimum absolute atomic E-state index is 0.432. The zero-order valence-corrected chi connectivity index (χ0v) is 8.65. The van der Waals surface area contributed by atoms with Gasteiger partial charge in [0.25, 0.3) is 0 Å². The molecule has 0 saturated carbocycles. The average molecular weight is 174 g/mol. The molecule has 0 aromatic rings. The molecule has 0 aliphatic carbocycles. The summed E-state index contributed by atoms with van der Waals surface area (Å²) in [6.45, 7) is 8.88. The fourth-order valence-electron chi connectivity index (χ4n) is 1.12. The first kappa shape index (κ1) is 9.40. The predicted octanol–water partition coefficient (Wildman–Crippen LogP) is 2.76. The van der Waals surface area contributed by atoms with E-state index in [9.17, 15) is 0 Å². The third kappa shape index (κ3) is 2.38. The molecule has 1 fully saturated rings. The Morgan fingerprint density at radius 2 is 2.00 bits per heavy atom. The quantitative estimate of drug-likeness (QED) is 0.604. The Balaban J connectivity index is 2.40. The number of thioether (sulfide) groups is 1. The van der Waals surface area contributed by atoms with Crippen LogP contribution in [0, 0.1) is 11.8 Å². The van der Waals surface area contributed by atoms with Crippen molar-refractivity contribution in [2.45, 2.75) is 39.2 Å². The SMILES string of the molecule is CC(C)[C@H]1O[C@@H](C)[C@@H](C)CS1. The van der Waals surface area contributed by atoms with Gasteiger partial charge in [-0.25, -0.2) is 0 Å². The Kier molecular flexibility index (Phi) is 3.26. The lowest BCUT2D eigenvalue weighted by molar-refractivity contribution is -0.00800. The van der Waals surface area contributed by atoms with Crippen molar-refractivity contribution in [2.75, 3.05) is 5.75 Å². The standard InChI is InChI=1S/C9H18OS/c1-6(2)9-10-8(4)7(3)5-11-9/h6-9H,5H2,1-4H3/t7-,8-,9-/m0/s1. The summed E-state index contributed by atoms with van der Waals surface area (Å²) < 4.78 is 5.82. The summed E-state index contributed by atoms with van der Waals surface area (Å²) in [5.41, 5.74) is 0.432. The van der Waals surface area contributed by atoms with E-state index in [1.807, 2.05) is 11.8 Å². The highest BCUT2D eigenvalue weighted by Crippen LogP contribution is 2.31. The summed E-state index contributed by atoms with van der Waals surface area (Å²) in [5.74, 6) is 2.62. The topological polar surface area (TPSA) is 9.23 Å². The maximum absolute atomic E-state index is 5.82. The first-order chi connectivity index (χ1) is 5.11. The van der Waals surface area contributed by atoms with Crippen LogP contribution in [0.4, 0.5) is 0 Å². The van der Waals surface area contributed by atoms with E-state index in [1.165, 1.54) is 5.75 Å². The maximum atomic E-state index is 5.82. The third-order valence-corrected chi connectivity index (χ3v) is 3.92. The van der Waals surface area contributed by atoms with E-state index in [0.717, 1.165) is 5.92 Å². The molecule has 0 aromatic heterocycles. The summed E-state index contributed by atoms with van der Waals surface area (Å²) in [5, 5.41) is 0. The van der Waals surface area contributed by atoms with E-state index in [0.29, 0.717) is 17.5 Å². The Hall–Kier alpha value is 0.310. The van der Waals surface area contributed by atoms with Crippen LogP contribution in [0.3, 0.4) is 0 Å². The van der Waals surface area contributed by atoms with Gasteiger partial charge in [0, 0.05) is 5.75 Å². The van der Waals surface area contributed by atoms with Crippen LogP contribution in [-0.2, 0) is 4.74 Å². The first-order valence-corrected chi connectivity index (χ1v) is 5.43. The average Bonchev–Trinajstić information content (AvgIpc) is 1.94. The molecule has 0 aromatic carbocycles. The van der Waals surface area contributed by atoms with Crippen LogP contribution >= 0.6 is 11.8 Å². The zero-order valence-electron chi connectivity index (χ0n) is 7.83. The smallest absolute Gasteiger partial charge is 0.105 e. The molecule has 0 unspecified atom stereocenters. The van der Waals surface area contributed by atoms with Crippen molar-refractivity contribution in [3.63, 3.8) is 0 Å². The van der Waals surface area contributed by atoms with Crippen molar-refractivity contribution in [2.24, 2.45) is 11.8 Å². The number of hydrogen-bond donors (Lipinski definition) is 0. The highest BCUT2D eigenvalue weighted by molar-refractivity contribution is 7.99. The van der Waals surface area contributed by atoms with Gasteiger partial charge < -0.3 is 4.74 Å². The zero-order chi connectivity index (χ0) is 8.43. The highest BCUT2D eigenvalue weighted by atomic mass is 32.2. The van der Waals surface area contributed by atoms with E-state index in [4.69, 9.17) is 4.74 Å². The molecule has 1 rings (SSSR count). The molecule has 1 nitrogen and oxygen atoms in total. The second kappa shape index (κ2) is 3.81. The van der Waals surface area contributed by atoms with Crippen LogP contribution in [-0.4, -0.2) is 17.3 Å². The van der Waals surface area contributed by atoms with E-state index in [-0.39, 0.29) is 0 Å². The molecular formula is C9H18OS. The highest BCUT2D eigenvalue weighted by Gasteiger charge is 2.27. The summed E-state index contributed by atoms with van der Waals surface area (Å²) in [6.07, 6.45) is 0.448. The molecule has 3 atom stereocenters. The molecule has 0 N–H and O–H groups in total. The van der Waals surface area contributed by atoms with Gasteiger partial charge >= 0.3 is 0 Å². The second-order valence-electron chi connectivity index (χ2n) is 3.76. The minimum atomic E-state index is 0.432. The summed E-state index contributed by atoms with van der Waals surface area (Å²) in [4.78, 5) is 0. The van der Waals surface area contributed by atoms with Crippen LogP contribution in [0.1, 0.15) is 27.7 Å². The van der Waals surface area contributed by atoms with E-state index >= 15 is 0 Å². The third-order valence-electron chi connectivity index (χ3n) is 2.22. The number of hydrogen-bond acceptors (Lipinski definition) is 2. The Bertz CT molecular complexity index is 125. The number of rotatable bonds is 1. The van der Waals surface area contributed by atoms with Gasteiger partial charge in [-0.2, -0.15) is 0 Å². The fraction of sp³-hybridized carbons (Fsp3) is 1.00. The molecule has 1 aliphatic rings. The largest absolute Gasteiger partial charge is 0.364 e. The monoisotopic (exact) mass is 174 g/mol. The normalized spacial score (nSPS) is 39.5. The summed E-state index contributed by atoms with van der Waals surface area (Å²) in [6, 6.07) is 0. The van der Waals surface area contributed by atoms with Crippen molar-refractivity contribution in [1.82, 2.24) is 0 Å². The maximum Gasteiger partial charge on any atom is 0.105 e. The van der Waals surface area contributed by atoms with Crippen molar-refractivity contribution >= 4 is 11.8 Å². The van der Waals surface area contributed by atoms with Gasteiger partial charge in [-0.05, 0) is 18.8 Å². The molecular weight excluding hydrogens is 156 g/mol. The van der Waals surface area contributed by atoms with Crippen LogP contribution in [0.15, 0.2) is 0 Å². The molecule has 1 saturated heterocycles. The molecule has 2 heteroatoms. The van der Waals surface area contributed by atoms with Gasteiger partial charge in [0.1, 0.15) is 5.44 Å². The second-order valence-corrected chi connectivity index (χ2v) is 4.90. The molecule has 0 radical (unpaired) electrons. The van der Waals surface area contributed by atoms with Gasteiger partial charge in [0.05, 0.1) is 6.10 Å². The predicted molar refractivity (Wildman–Crippen MR) is 50.8 cm³/mol. The molecule has 0 spiro atoms. The Labute approximate surface area is 73.9 Å². The Morgan fingerprint density at radius 3 is 2.45 bits per heavy atom. The molecule has 0 bridgehead atoms. The molecule has 1 heterocycles. The van der Waals surface area contributed by atoms with Crippen LogP contribution in [0.25, 0.3) is 0 Å². The van der Waals surface area contributed by atoms with E-state index in [1.54, 1.807) is 0 Å². The summed E-state index contributed by atoms with van der Waals surface area (Å²) >= 11 is 1.96. The van der Waals surface area contributed by atoms with Gasteiger partial charge in [-0.3, -0.25) is 0 Å². The lowest BCUT2D eigenvalue weighted by Gasteiger charge is -2.34. The van der Waals surface area contributed by atoms with Crippen molar-refractivity contribution in [3.05, 3.63) is 0 Å². The number of ether oxygens (including phenoxy) is 1. The molecule has 66 valence electrons. The van der Waals surface area contributed by atoms with Gasteiger partial charge in [-0.15, -0.1) is 11.8 Å². The van der Waals surface area contributed by atoms with Crippen molar-refractivity contribution in [1.29, 1.82) is 0 Å². The summed E-state index contributed by atoms with van der Waals surface area (Å²) in [7, 11) is 0. The van der Waals surface area contributed by atoms with Crippen molar-refractivity contribution < 1.29 is 4.74 Å². The first-order valence-electron chi connectivity index (χ1n) is 4.38. The molecule has 1 aliphatic heterocycles. The van der Waals surface area contributed by atoms with Crippen molar-refractivity contribution in [3.8, 4) is 0 Å². The van der Waals surface area contributed by atoms with E-state index in [2.05, 4.69) is 27.7 Å².